The van der Waals surface area contributed by atoms with Crippen LogP contribution < -0.4 is 4.74 Å². The van der Waals surface area contributed by atoms with E-state index in [1.807, 2.05) is 24.3 Å². The van der Waals surface area contributed by atoms with Crippen molar-refractivity contribution in [2.45, 2.75) is 19.8 Å². The van der Waals surface area contributed by atoms with Crippen LogP contribution in [0, 0.1) is 0 Å². The monoisotopic (exact) mass is 334 g/mol. The summed E-state index contributed by atoms with van der Waals surface area (Å²) < 4.78 is 6.31. The van der Waals surface area contributed by atoms with E-state index in [2.05, 4.69) is 25.9 Å². The van der Waals surface area contributed by atoms with Crippen LogP contribution in [0.4, 0.5) is 0 Å². The van der Waals surface area contributed by atoms with Gasteiger partial charge in [-0.2, -0.15) is 0 Å². The third-order valence-corrected chi connectivity index (χ3v) is 3.34. The summed E-state index contributed by atoms with van der Waals surface area (Å²) >= 11 is 3.45. The van der Waals surface area contributed by atoms with E-state index in [4.69, 9.17) is 4.74 Å². The first kappa shape index (κ1) is 14.7. The maximum Gasteiger partial charge on any atom is 0.130 e. The smallest absolute Gasteiger partial charge is 0.130 e. The molecule has 0 saturated heterocycles. The number of ketones is 1. The van der Waals surface area contributed by atoms with E-state index < -0.39 is 0 Å². The van der Waals surface area contributed by atoms with Crippen LogP contribution in [0.3, 0.4) is 0 Å². The number of ether oxygens (including phenoxy) is 1. The van der Waals surface area contributed by atoms with E-state index in [1.165, 1.54) is 0 Å². The van der Waals surface area contributed by atoms with Crippen molar-refractivity contribution in [3.63, 3.8) is 0 Å². The second-order valence-corrected chi connectivity index (χ2v) is 5.32. The molecule has 1 heterocycles. The van der Waals surface area contributed by atoms with Gasteiger partial charge in [0.25, 0.3) is 0 Å². The highest BCUT2D eigenvalue weighted by molar-refractivity contribution is 9.10. The lowest BCUT2D eigenvalue weighted by Gasteiger charge is -2.09. The van der Waals surface area contributed by atoms with Gasteiger partial charge < -0.3 is 9.53 Å². The van der Waals surface area contributed by atoms with Gasteiger partial charge in [0.1, 0.15) is 17.4 Å². The zero-order valence-electron chi connectivity index (χ0n) is 11.4. The normalized spacial score (nSPS) is 10.3. The Balaban J connectivity index is 2.35. The minimum absolute atomic E-state index is 0.138. The van der Waals surface area contributed by atoms with Crippen molar-refractivity contribution in [2.24, 2.45) is 0 Å². The van der Waals surface area contributed by atoms with Crippen LogP contribution in [0.5, 0.6) is 5.75 Å². The highest BCUT2D eigenvalue weighted by Crippen LogP contribution is 2.31. The molecule has 0 saturated carbocycles. The molecule has 0 bridgehead atoms. The molecule has 2 aromatic rings. The molecule has 0 aliphatic rings. The fourth-order valence-electron chi connectivity index (χ4n) is 1.84. The number of rotatable bonds is 5. The molecule has 4 nitrogen and oxygen atoms in total. The van der Waals surface area contributed by atoms with Gasteiger partial charge in [-0.1, -0.05) is 15.9 Å². The molecule has 0 radical (unpaired) electrons. The van der Waals surface area contributed by atoms with E-state index in [0.29, 0.717) is 18.7 Å². The van der Waals surface area contributed by atoms with Crippen LogP contribution in [0.2, 0.25) is 0 Å². The number of aromatic nitrogens is 2. The van der Waals surface area contributed by atoms with Crippen molar-refractivity contribution in [2.75, 3.05) is 7.11 Å². The summed E-state index contributed by atoms with van der Waals surface area (Å²) in [6, 6.07) is 7.59. The van der Waals surface area contributed by atoms with Crippen LogP contribution in [-0.2, 0) is 11.2 Å². The summed E-state index contributed by atoms with van der Waals surface area (Å²) in [4.78, 5) is 19.7. The van der Waals surface area contributed by atoms with E-state index in [1.54, 1.807) is 20.2 Å². The fourth-order valence-corrected chi connectivity index (χ4v) is 2.20. The predicted molar refractivity (Wildman–Crippen MR) is 80.7 cm³/mol. The van der Waals surface area contributed by atoms with Crippen LogP contribution in [0.1, 0.15) is 19.2 Å². The summed E-state index contributed by atoms with van der Waals surface area (Å²) in [6.45, 7) is 1.57. The third kappa shape index (κ3) is 3.63. The summed E-state index contributed by atoms with van der Waals surface area (Å²) in [5.41, 5.74) is 1.69. The molecule has 104 valence electrons. The van der Waals surface area contributed by atoms with Gasteiger partial charge in [-0.05, 0) is 31.2 Å². The van der Waals surface area contributed by atoms with Crippen molar-refractivity contribution >= 4 is 21.7 Å². The van der Waals surface area contributed by atoms with E-state index in [-0.39, 0.29) is 5.78 Å². The maximum atomic E-state index is 11.0. The lowest BCUT2D eigenvalue weighted by molar-refractivity contribution is -0.117. The average Bonchev–Trinajstić information content (AvgIpc) is 2.45. The number of carbonyl (C=O) groups is 1. The summed E-state index contributed by atoms with van der Waals surface area (Å²) in [7, 11) is 1.63. The Morgan fingerprint density at radius 3 is 2.85 bits per heavy atom. The summed E-state index contributed by atoms with van der Waals surface area (Å²) in [6.07, 6.45) is 2.72. The molecular formula is C15H15BrN2O2. The Morgan fingerprint density at radius 1 is 1.35 bits per heavy atom. The predicted octanol–water partition coefficient (Wildman–Crippen LogP) is 3.44. The number of hydrogen-bond donors (Lipinski definition) is 0. The third-order valence-electron chi connectivity index (χ3n) is 2.84. The molecule has 20 heavy (non-hydrogen) atoms. The Kier molecular flexibility index (Phi) is 4.84. The zero-order chi connectivity index (χ0) is 14.5. The largest absolute Gasteiger partial charge is 0.496 e. The first-order valence-electron chi connectivity index (χ1n) is 6.25. The number of Topliss-reactive ketones (excluding diaryl/α,β-unsaturated/α-hetero) is 1. The highest BCUT2D eigenvalue weighted by Gasteiger charge is 2.09. The zero-order valence-corrected chi connectivity index (χ0v) is 13.0. The van der Waals surface area contributed by atoms with Gasteiger partial charge >= 0.3 is 0 Å². The van der Waals surface area contributed by atoms with Gasteiger partial charge in [-0.15, -0.1) is 0 Å². The Hall–Kier alpha value is -1.75. The SMILES string of the molecule is COc1ccc(Br)cc1-c1ccnc(CCC(C)=O)n1. The number of methoxy groups -OCH3 is 1. The molecule has 0 unspecified atom stereocenters. The average molecular weight is 335 g/mol. The lowest BCUT2D eigenvalue weighted by Crippen LogP contribution is -2.00. The van der Waals surface area contributed by atoms with E-state index in [9.17, 15) is 4.79 Å². The van der Waals surface area contributed by atoms with Gasteiger partial charge in [0.2, 0.25) is 0 Å². The molecule has 0 N–H and O–H groups in total. The van der Waals surface area contributed by atoms with Crippen LogP contribution in [0.25, 0.3) is 11.3 Å². The van der Waals surface area contributed by atoms with Gasteiger partial charge in [0.15, 0.2) is 0 Å². The number of benzene rings is 1. The molecule has 5 heteroatoms. The molecule has 0 aliphatic heterocycles. The minimum Gasteiger partial charge on any atom is -0.496 e. The Bertz CT molecular complexity index is 629. The molecule has 0 spiro atoms. The second-order valence-electron chi connectivity index (χ2n) is 4.40. The molecule has 0 fully saturated rings. The molecule has 0 amide bonds. The Labute approximate surface area is 126 Å². The van der Waals surface area contributed by atoms with E-state index >= 15 is 0 Å². The molecule has 0 aliphatic carbocycles. The van der Waals surface area contributed by atoms with Gasteiger partial charge in [-0.3, -0.25) is 0 Å². The molecule has 2 rings (SSSR count). The van der Waals surface area contributed by atoms with Crippen molar-refractivity contribution in [3.8, 4) is 17.0 Å². The van der Waals surface area contributed by atoms with Crippen LogP contribution in [0.15, 0.2) is 34.9 Å². The van der Waals surface area contributed by atoms with Crippen molar-refractivity contribution in [3.05, 3.63) is 40.8 Å². The maximum absolute atomic E-state index is 11.0. The Morgan fingerprint density at radius 2 is 2.15 bits per heavy atom. The topological polar surface area (TPSA) is 52.1 Å². The summed E-state index contributed by atoms with van der Waals surface area (Å²) in [5, 5.41) is 0. The lowest BCUT2D eigenvalue weighted by atomic mass is 10.1. The van der Waals surface area contributed by atoms with Gasteiger partial charge in [-0.25, -0.2) is 9.97 Å². The standard InChI is InChI=1S/C15H15BrN2O2/c1-10(19)3-6-15-17-8-7-13(18-15)12-9-11(16)4-5-14(12)20-2/h4-5,7-9H,3,6H2,1-2H3. The second kappa shape index (κ2) is 6.61. The first-order chi connectivity index (χ1) is 9.60. The van der Waals surface area contributed by atoms with E-state index in [0.717, 1.165) is 21.5 Å². The first-order valence-corrected chi connectivity index (χ1v) is 7.04. The molecule has 1 aromatic heterocycles. The molecule has 1 aromatic carbocycles. The number of aryl methyl sites for hydroxylation is 1. The quantitative estimate of drug-likeness (QED) is 0.840. The van der Waals surface area contributed by atoms with Gasteiger partial charge in [0, 0.05) is 29.1 Å². The van der Waals surface area contributed by atoms with Crippen molar-refractivity contribution < 1.29 is 9.53 Å². The van der Waals surface area contributed by atoms with Crippen molar-refractivity contribution in [1.82, 2.24) is 9.97 Å². The van der Waals surface area contributed by atoms with Gasteiger partial charge in [0.05, 0.1) is 12.8 Å². The number of carbonyl (C=O) groups excluding carboxylic acids is 1. The summed E-state index contributed by atoms with van der Waals surface area (Å²) in [5.74, 6) is 1.56. The van der Waals surface area contributed by atoms with Crippen molar-refractivity contribution in [1.29, 1.82) is 0 Å². The fraction of sp³-hybridized carbons (Fsp3) is 0.267. The minimum atomic E-state index is 0.138. The number of nitrogens with zero attached hydrogens (tertiary/aromatic N) is 2. The molecule has 0 atom stereocenters. The number of halogens is 1. The van der Waals surface area contributed by atoms with Crippen LogP contribution in [-0.4, -0.2) is 22.9 Å². The highest BCUT2D eigenvalue weighted by atomic mass is 79.9. The number of hydrogen-bond acceptors (Lipinski definition) is 4. The molecular weight excluding hydrogens is 320 g/mol. The van der Waals surface area contributed by atoms with Crippen LogP contribution >= 0.6 is 15.9 Å².